The van der Waals surface area contributed by atoms with Gasteiger partial charge in [-0.1, -0.05) is 19.1 Å². The quantitative estimate of drug-likeness (QED) is 0.696. The Balaban J connectivity index is 1.48. The fraction of sp³-hybridized carbons (Fsp3) is 0.364. The fourth-order valence-electron chi connectivity index (χ4n) is 3.65. The minimum atomic E-state index is -0.139. The van der Waals surface area contributed by atoms with Crippen LogP contribution < -0.4 is 15.0 Å². The third-order valence-corrected chi connectivity index (χ3v) is 5.22. The average molecular weight is 394 g/mol. The lowest BCUT2D eigenvalue weighted by Crippen LogP contribution is -2.36. The molecule has 7 nitrogen and oxygen atoms in total. The van der Waals surface area contributed by atoms with Gasteiger partial charge in [0.1, 0.15) is 5.69 Å². The Hall–Kier alpha value is -3.06. The Morgan fingerprint density at radius 2 is 1.97 bits per heavy atom. The summed E-state index contributed by atoms with van der Waals surface area (Å²) in [5.41, 5.74) is 4.22. The maximum Gasteiger partial charge on any atom is 0.270 e. The molecule has 4 rings (SSSR count). The number of anilines is 1. The molecule has 0 unspecified atom stereocenters. The highest BCUT2D eigenvalue weighted by Crippen LogP contribution is 2.22. The monoisotopic (exact) mass is 394 g/mol. The van der Waals surface area contributed by atoms with Crippen LogP contribution in [0.3, 0.4) is 0 Å². The van der Waals surface area contributed by atoms with Crippen LogP contribution >= 0.6 is 0 Å². The van der Waals surface area contributed by atoms with Gasteiger partial charge >= 0.3 is 0 Å². The molecule has 1 aliphatic heterocycles. The number of amides is 1. The van der Waals surface area contributed by atoms with Crippen LogP contribution in [0.4, 0.5) is 5.69 Å². The molecule has 0 saturated carbocycles. The summed E-state index contributed by atoms with van der Waals surface area (Å²) in [5, 5.41) is 3.03. The number of nitrogens with one attached hydrogen (secondary N) is 1. The van der Waals surface area contributed by atoms with E-state index in [1.807, 2.05) is 25.3 Å². The van der Waals surface area contributed by atoms with Gasteiger partial charge in [-0.3, -0.25) is 9.20 Å². The number of pyridine rings is 1. The maximum atomic E-state index is 13.0. The molecule has 29 heavy (non-hydrogen) atoms. The molecular weight excluding hydrogens is 368 g/mol. The molecule has 1 N–H and O–H groups in total. The van der Waals surface area contributed by atoms with Gasteiger partial charge < -0.3 is 19.7 Å². The summed E-state index contributed by atoms with van der Waals surface area (Å²) in [5.74, 6) is 0.514. The van der Waals surface area contributed by atoms with Crippen LogP contribution in [-0.2, 0) is 17.7 Å². The van der Waals surface area contributed by atoms with Crippen molar-refractivity contribution in [1.82, 2.24) is 14.7 Å². The number of hydrogen-bond donors (Lipinski definition) is 1. The minimum absolute atomic E-state index is 0.139. The van der Waals surface area contributed by atoms with Crippen molar-refractivity contribution in [3.8, 4) is 5.75 Å². The van der Waals surface area contributed by atoms with Crippen LogP contribution in [0.1, 0.15) is 28.7 Å². The van der Waals surface area contributed by atoms with E-state index in [1.54, 1.807) is 11.5 Å². The summed E-state index contributed by atoms with van der Waals surface area (Å²) in [4.78, 5) is 19.9. The normalized spacial score (nSPS) is 14.2. The highest BCUT2D eigenvalue weighted by molar-refractivity contribution is 5.95. The van der Waals surface area contributed by atoms with Crippen molar-refractivity contribution in [2.45, 2.75) is 19.9 Å². The second kappa shape index (κ2) is 8.53. The molecule has 1 amide bonds. The van der Waals surface area contributed by atoms with Crippen LogP contribution in [-0.4, -0.2) is 48.7 Å². The number of benzene rings is 1. The predicted octanol–water partition coefficient (Wildman–Crippen LogP) is 2.67. The molecule has 0 spiro atoms. The molecule has 152 valence electrons. The van der Waals surface area contributed by atoms with E-state index in [9.17, 15) is 4.79 Å². The Kier molecular flexibility index (Phi) is 5.67. The van der Waals surface area contributed by atoms with Crippen LogP contribution in [0.25, 0.3) is 5.65 Å². The van der Waals surface area contributed by atoms with Crippen LogP contribution in [0.2, 0.25) is 0 Å². The number of aryl methyl sites for hydroxylation is 1. The van der Waals surface area contributed by atoms with Gasteiger partial charge in [0, 0.05) is 31.5 Å². The largest absolute Gasteiger partial charge is 0.493 e. The third kappa shape index (κ3) is 3.91. The highest BCUT2D eigenvalue weighted by Gasteiger charge is 2.20. The standard InChI is InChI=1S/C22H26N4O3/c1-3-18-20(26-10-4-5-19(28-2)21(26)24-18)22(27)23-15-16-6-8-17(9-7-16)25-11-13-29-14-12-25/h4-10H,3,11-15H2,1-2H3,(H,23,27). The van der Waals surface area contributed by atoms with Crippen molar-refractivity contribution in [3.05, 3.63) is 59.5 Å². The number of carbonyl (C=O) groups excluding carboxylic acids is 1. The van der Waals surface area contributed by atoms with Gasteiger partial charge in [0.05, 0.1) is 26.0 Å². The first-order valence-corrected chi connectivity index (χ1v) is 9.95. The molecule has 0 radical (unpaired) electrons. The number of morpholine rings is 1. The van der Waals surface area contributed by atoms with Gasteiger partial charge in [-0.15, -0.1) is 0 Å². The summed E-state index contributed by atoms with van der Waals surface area (Å²) >= 11 is 0. The van der Waals surface area contributed by atoms with Crippen LogP contribution in [0.5, 0.6) is 5.75 Å². The number of rotatable bonds is 6. The Morgan fingerprint density at radius 1 is 1.21 bits per heavy atom. The molecule has 1 aliphatic rings. The lowest BCUT2D eigenvalue weighted by molar-refractivity contribution is 0.0944. The number of imidazole rings is 1. The molecule has 3 heterocycles. The van der Waals surface area contributed by atoms with E-state index in [2.05, 4.69) is 39.5 Å². The number of methoxy groups -OCH3 is 1. The maximum absolute atomic E-state index is 13.0. The Bertz CT molecular complexity index is 991. The van der Waals surface area contributed by atoms with Gasteiger partial charge in [-0.2, -0.15) is 0 Å². The van der Waals surface area contributed by atoms with Gasteiger partial charge in [-0.05, 0) is 36.2 Å². The second-order valence-electron chi connectivity index (χ2n) is 6.98. The summed E-state index contributed by atoms with van der Waals surface area (Å²) in [6, 6.07) is 12.0. The molecule has 0 atom stereocenters. The zero-order valence-corrected chi connectivity index (χ0v) is 16.9. The van der Waals surface area contributed by atoms with E-state index in [1.165, 1.54) is 5.69 Å². The molecule has 2 aromatic heterocycles. The Morgan fingerprint density at radius 3 is 2.66 bits per heavy atom. The lowest BCUT2D eigenvalue weighted by atomic mass is 10.1. The molecular formula is C22H26N4O3. The third-order valence-electron chi connectivity index (χ3n) is 5.22. The zero-order chi connectivity index (χ0) is 20.2. The number of nitrogens with zero attached hydrogens (tertiary/aromatic N) is 3. The van der Waals surface area contributed by atoms with Gasteiger partial charge in [0.25, 0.3) is 5.91 Å². The van der Waals surface area contributed by atoms with Crippen LogP contribution in [0, 0.1) is 0 Å². The number of ether oxygens (including phenoxy) is 2. The van der Waals surface area contributed by atoms with Crippen molar-refractivity contribution in [3.63, 3.8) is 0 Å². The Labute approximate surface area is 170 Å². The number of carbonyl (C=O) groups is 1. The van der Waals surface area contributed by atoms with E-state index >= 15 is 0 Å². The summed E-state index contributed by atoms with van der Waals surface area (Å²) in [6.07, 6.45) is 2.51. The predicted molar refractivity (Wildman–Crippen MR) is 112 cm³/mol. The van der Waals surface area contributed by atoms with E-state index in [-0.39, 0.29) is 5.91 Å². The van der Waals surface area contributed by atoms with Gasteiger partial charge in [0.2, 0.25) is 0 Å². The van der Waals surface area contributed by atoms with Crippen molar-refractivity contribution in [1.29, 1.82) is 0 Å². The topological polar surface area (TPSA) is 68.1 Å². The minimum Gasteiger partial charge on any atom is -0.493 e. The average Bonchev–Trinajstić information content (AvgIpc) is 3.17. The van der Waals surface area contributed by atoms with E-state index < -0.39 is 0 Å². The lowest BCUT2D eigenvalue weighted by Gasteiger charge is -2.28. The molecule has 1 aromatic carbocycles. The zero-order valence-electron chi connectivity index (χ0n) is 16.9. The number of fused-ring (bicyclic) bond motifs is 1. The number of hydrogen-bond acceptors (Lipinski definition) is 5. The summed E-state index contributed by atoms with van der Waals surface area (Å²) < 4.78 is 12.6. The van der Waals surface area contributed by atoms with Crippen molar-refractivity contribution >= 4 is 17.2 Å². The van der Waals surface area contributed by atoms with Gasteiger partial charge in [-0.25, -0.2) is 4.98 Å². The van der Waals surface area contributed by atoms with E-state index in [0.717, 1.165) is 37.6 Å². The first kappa shape index (κ1) is 19.3. The van der Waals surface area contributed by atoms with E-state index in [4.69, 9.17) is 9.47 Å². The van der Waals surface area contributed by atoms with Crippen molar-refractivity contribution in [2.75, 3.05) is 38.3 Å². The first-order chi connectivity index (χ1) is 14.2. The van der Waals surface area contributed by atoms with Crippen molar-refractivity contribution in [2.24, 2.45) is 0 Å². The smallest absolute Gasteiger partial charge is 0.270 e. The molecule has 0 bridgehead atoms. The molecule has 1 fully saturated rings. The SMILES string of the molecule is CCc1nc2c(OC)cccn2c1C(=O)NCc1ccc(N2CCOCC2)cc1. The molecule has 1 saturated heterocycles. The summed E-state index contributed by atoms with van der Waals surface area (Å²) in [7, 11) is 1.61. The fourth-order valence-corrected chi connectivity index (χ4v) is 3.65. The van der Waals surface area contributed by atoms with Gasteiger partial charge in [0.15, 0.2) is 11.4 Å². The van der Waals surface area contributed by atoms with Crippen LogP contribution in [0.15, 0.2) is 42.6 Å². The number of aromatic nitrogens is 2. The highest BCUT2D eigenvalue weighted by atomic mass is 16.5. The first-order valence-electron chi connectivity index (χ1n) is 9.95. The molecule has 3 aromatic rings. The molecule has 7 heteroatoms. The summed E-state index contributed by atoms with van der Waals surface area (Å²) in [6.45, 7) is 5.81. The second-order valence-corrected chi connectivity index (χ2v) is 6.98. The molecule has 0 aliphatic carbocycles. The van der Waals surface area contributed by atoms with Crippen molar-refractivity contribution < 1.29 is 14.3 Å². The van der Waals surface area contributed by atoms with E-state index in [0.29, 0.717) is 30.1 Å².